The zero-order valence-electron chi connectivity index (χ0n) is 12.8. The SMILES string of the molecule is CC(C)(C)c1nc(CC(=O)N2CCCCC2)c(C(=O)O)s1. The van der Waals surface area contributed by atoms with E-state index in [9.17, 15) is 14.7 Å². The number of piperidine rings is 1. The van der Waals surface area contributed by atoms with E-state index in [1.54, 1.807) is 0 Å². The third-order valence-corrected chi connectivity index (χ3v) is 5.07. The number of nitrogens with zero attached hydrogens (tertiary/aromatic N) is 2. The Bertz CT molecular complexity index is 540. The maximum atomic E-state index is 12.3. The summed E-state index contributed by atoms with van der Waals surface area (Å²) >= 11 is 1.18. The van der Waals surface area contributed by atoms with Crippen molar-refractivity contribution >= 4 is 23.2 Å². The van der Waals surface area contributed by atoms with Crippen LogP contribution in [0, 0.1) is 0 Å². The van der Waals surface area contributed by atoms with Gasteiger partial charge in [0.05, 0.1) is 17.1 Å². The van der Waals surface area contributed by atoms with Crippen LogP contribution in [0.1, 0.15) is 60.4 Å². The van der Waals surface area contributed by atoms with Gasteiger partial charge in [-0.3, -0.25) is 4.79 Å². The summed E-state index contributed by atoms with van der Waals surface area (Å²) in [5.74, 6) is -1.01. The number of likely N-dealkylation sites (tertiary alicyclic amines) is 1. The van der Waals surface area contributed by atoms with Crippen molar-refractivity contribution in [2.75, 3.05) is 13.1 Å². The molecular weight excluding hydrogens is 288 g/mol. The lowest BCUT2D eigenvalue weighted by molar-refractivity contribution is -0.131. The predicted octanol–water partition coefficient (Wildman–Crippen LogP) is 2.69. The molecule has 0 spiro atoms. The first-order valence-corrected chi connectivity index (χ1v) is 8.12. The number of carboxylic acids is 1. The van der Waals surface area contributed by atoms with Gasteiger partial charge in [-0.1, -0.05) is 20.8 Å². The van der Waals surface area contributed by atoms with Gasteiger partial charge in [-0.05, 0) is 19.3 Å². The second kappa shape index (κ2) is 6.13. The minimum atomic E-state index is -0.996. The van der Waals surface area contributed by atoms with Gasteiger partial charge in [-0.2, -0.15) is 0 Å². The molecule has 5 nitrogen and oxygen atoms in total. The van der Waals surface area contributed by atoms with E-state index in [2.05, 4.69) is 4.98 Å². The van der Waals surface area contributed by atoms with E-state index in [1.807, 2.05) is 25.7 Å². The fourth-order valence-corrected chi connectivity index (χ4v) is 3.34. The molecule has 0 saturated carbocycles. The zero-order chi connectivity index (χ0) is 15.6. The first-order valence-electron chi connectivity index (χ1n) is 7.30. The maximum absolute atomic E-state index is 12.3. The molecular formula is C15H22N2O3S. The lowest BCUT2D eigenvalue weighted by atomic mass is 9.98. The molecule has 1 aliphatic heterocycles. The van der Waals surface area contributed by atoms with Crippen molar-refractivity contribution in [2.45, 2.75) is 51.9 Å². The van der Waals surface area contributed by atoms with E-state index in [0.29, 0.717) is 5.69 Å². The minimum Gasteiger partial charge on any atom is -0.477 e. The first-order chi connectivity index (χ1) is 9.79. The number of carbonyl (C=O) groups excluding carboxylic acids is 1. The second-order valence-electron chi connectivity index (χ2n) is 6.47. The monoisotopic (exact) mass is 310 g/mol. The molecule has 21 heavy (non-hydrogen) atoms. The van der Waals surface area contributed by atoms with Crippen LogP contribution in [-0.2, 0) is 16.6 Å². The number of carbonyl (C=O) groups is 2. The summed E-state index contributed by atoms with van der Waals surface area (Å²) in [6.45, 7) is 7.53. The summed E-state index contributed by atoms with van der Waals surface area (Å²) in [6, 6.07) is 0. The minimum absolute atomic E-state index is 0.0111. The average molecular weight is 310 g/mol. The van der Waals surface area contributed by atoms with Crippen LogP contribution >= 0.6 is 11.3 Å². The zero-order valence-corrected chi connectivity index (χ0v) is 13.6. The molecule has 1 aromatic rings. The van der Waals surface area contributed by atoms with Crippen LogP contribution in [0.3, 0.4) is 0 Å². The lowest BCUT2D eigenvalue weighted by Crippen LogP contribution is -2.36. The van der Waals surface area contributed by atoms with Gasteiger partial charge >= 0.3 is 5.97 Å². The normalized spacial score (nSPS) is 16.0. The van der Waals surface area contributed by atoms with Crippen LogP contribution in [0.2, 0.25) is 0 Å². The van der Waals surface area contributed by atoms with E-state index in [4.69, 9.17) is 0 Å². The average Bonchev–Trinajstić information content (AvgIpc) is 2.84. The molecule has 116 valence electrons. The summed E-state index contributed by atoms with van der Waals surface area (Å²) in [5.41, 5.74) is 0.203. The Kier molecular flexibility index (Phi) is 4.66. The molecule has 2 rings (SSSR count). The van der Waals surface area contributed by atoms with Gasteiger partial charge in [0.15, 0.2) is 0 Å². The highest BCUT2D eigenvalue weighted by Gasteiger charge is 2.27. The Hall–Kier alpha value is -1.43. The van der Waals surface area contributed by atoms with Crippen molar-refractivity contribution in [3.05, 3.63) is 15.6 Å². The van der Waals surface area contributed by atoms with Gasteiger partial charge in [0, 0.05) is 18.5 Å². The summed E-state index contributed by atoms with van der Waals surface area (Å²) in [7, 11) is 0. The third kappa shape index (κ3) is 3.81. The highest BCUT2D eigenvalue weighted by atomic mass is 32.1. The van der Waals surface area contributed by atoms with Crippen molar-refractivity contribution in [1.29, 1.82) is 0 Å². The Labute approximate surface area is 129 Å². The molecule has 1 amide bonds. The van der Waals surface area contributed by atoms with Gasteiger partial charge < -0.3 is 10.0 Å². The molecule has 1 saturated heterocycles. The van der Waals surface area contributed by atoms with E-state index >= 15 is 0 Å². The van der Waals surface area contributed by atoms with Gasteiger partial charge in [0.25, 0.3) is 0 Å². The van der Waals surface area contributed by atoms with Crippen molar-refractivity contribution in [3.8, 4) is 0 Å². The smallest absolute Gasteiger partial charge is 0.347 e. The molecule has 1 N–H and O–H groups in total. The first kappa shape index (κ1) is 15.9. The van der Waals surface area contributed by atoms with Gasteiger partial charge in [0.1, 0.15) is 4.88 Å². The number of amides is 1. The van der Waals surface area contributed by atoms with Gasteiger partial charge in [-0.25, -0.2) is 9.78 Å². The maximum Gasteiger partial charge on any atom is 0.347 e. The molecule has 1 aromatic heterocycles. The molecule has 2 heterocycles. The molecule has 0 atom stereocenters. The summed E-state index contributed by atoms with van der Waals surface area (Å²) in [5, 5.41) is 10.1. The van der Waals surface area contributed by atoms with E-state index in [0.717, 1.165) is 37.4 Å². The van der Waals surface area contributed by atoms with Crippen molar-refractivity contribution in [1.82, 2.24) is 9.88 Å². The van der Waals surface area contributed by atoms with Gasteiger partial charge in [0.2, 0.25) is 5.91 Å². The largest absolute Gasteiger partial charge is 0.477 e. The van der Waals surface area contributed by atoms with Crippen LogP contribution in [0.15, 0.2) is 0 Å². The predicted molar refractivity (Wildman–Crippen MR) is 81.9 cm³/mol. The number of hydrogen-bond donors (Lipinski definition) is 1. The molecule has 0 aromatic carbocycles. The van der Waals surface area contributed by atoms with Crippen LogP contribution in [0.5, 0.6) is 0 Å². The molecule has 1 fully saturated rings. The molecule has 6 heteroatoms. The second-order valence-corrected chi connectivity index (χ2v) is 7.47. The lowest BCUT2D eigenvalue weighted by Gasteiger charge is -2.26. The number of aromatic nitrogens is 1. The van der Waals surface area contributed by atoms with E-state index < -0.39 is 5.97 Å². The van der Waals surface area contributed by atoms with Crippen molar-refractivity contribution < 1.29 is 14.7 Å². The summed E-state index contributed by atoms with van der Waals surface area (Å²) in [4.78, 5) is 30.1. The Morgan fingerprint density at radius 3 is 2.38 bits per heavy atom. The fourth-order valence-electron chi connectivity index (χ4n) is 2.36. The van der Waals surface area contributed by atoms with Gasteiger partial charge in [-0.15, -0.1) is 11.3 Å². The van der Waals surface area contributed by atoms with E-state index in [-0.39, 0.29) is 22.6 Å². The quantitative estimate of drug-likeness (QED) is 0.932. The highest BCUT2D eigenvalue weighted by Crippen LogP contribution is 2.30. The third-order valence-electron chi connectivity index (χ3n) is 3.56. The summed E-state index contributed by atoms with van der Waals surface area (Å²) < 4.78 is 0. The highest BCUT2D eigenvalue weighted by molar-refractivity contribution is 7.13. The molecule has 0 bridgehead atoms. The molecule has 0 aliphatic carbocycles. The Balaban J connectivity index is 2.20. The standard InChI is InChI=1S/C15H22N2O3S/c1-15(2,3)14-16-10(12(21-14)13(19)20)9-11(18)17-7-5-4-6-8-17/h4-9H2,1-3H3,(H,19,20). The number of carboxylic acid groups (broad SMARTS) is 1. The number of rotatable bonds is 3. The molecule has 0 radical (unpaired) electrons. The number of aromatic carboxylic acids is 1. The number of thiazole rings is 1. The van der Waals surface area contributed by atoms with E-state index in [1.165, 1.54) is 11.3 Å². The summed E-state index contributed by atoms with van der Waals surface area (Å²) in [6.07, 6.45) is 3.31. The van der Waals surface area contributed by atoms with Crippen LogP contribution in [0.25, 0.3) is 0 Å². The van der Waals surface area contributed by atoms with Crippen LogP contribution in [-0.4, -0.2) is 40.0 Å². The van der Waals surface area contributed by atoms with Crippen molar-refractivity contribution in [2.24, 2.45) is 0 Å². The van der Waals surface area contributed by atoms with Crippen molar-refractivity contribution in [3.63, 3.8) is 0 Å². The van der Waals surface area contributed by atoms with Crippen LogP contribution in [0.4, 0.5) is 0 Å². The molecule has 0 unspecified atom stereocenters. The fraction of sp³-hybridized carbons (Fsp3) is 0.667. The topological polar surface area (TPSA) is 70.5 Å². The Morgan fingerprint density at radius 1 is 1.24 bits per heavy atom. The Morgan fingerprint density at radius 2 is 1.86 bits per heavy atom. The number of hydrogen-bond acceptors (Lipinski definition) is 4. The molecule has 1 aliphatic rings. The van der Waals surface area contributed by atoms with Crippen LogP contribution < -0.4 is 0 Å².